The van der Waals surface area contributed by atoms with E-state index in [0.717, 1.165) is 28.2 Å². The van der Waals surface area contributed by atoms with Gasteiger partial charge in [0.15, 0.2) is 5.13 Å². The largest absolute Gasteiger partial charge is 0.332 e. The maximum Gasteiger partial charge on any atom is 0.267 e. The Morgan fingerprint density at radius 1 is 1.04 bits per heavy atom. The van der Waals surface area contributed by atoms with Gasteiger partial charge in [-0.05, 0) is 62.6 Å². The van der Waals surface area contributed by atoms with Crippen LogP contribution < -0.4 is 10.6 Å². The molecular formula is C20H21N3OS. The van der Waals surface area contributed by atoms with Crippen LogP contribution in [0.2, 0.25) is 0 Å². The summed E-state index contributed by atoms with van der Waals surface area (Å²) < 4.78 is 0. The molecule has 0 radical (unpaired) electrons. The maximum atomic E-state index is 12.6. The van der Waals surface area contributed by atoms with E-state index in [2.05, 4.69) is 15.6 Å². The summed E-state index contributed by atoms with van der Waals surface area (Å²) in [6, 6.07) is 14.0. The average Bonchev–Trinajstić information content (AvgIpc) is 2.92. The highest BCUT2D eigenvalue weighted by molar-refractivity contribution is 7.17. The molecule has 3 aromatic rings. The second kappa shape index (κ2) is 7.07. The van der Waals surface area contributed by atoms with Crippen LogP contribution in [0.4, 0.5) is 16.5 Å². The topological polar surface area (TPSA) is 54.0 Å². The molecule has 0 unspecified atom stereocenters. The van der Waals surface area contributed by atoms with Gasteiger partial charge in [-0.25, -0.2) is 4.98 Å². The third-order valence-corrected chi connectivity index (χ3v) is 5.20. The number of amides is 1. The van der Waals surface area contributed by atoms with Crippen LogP contribution in [0.15, 0.2) is 42.5 Å². The fraction of sp³-hybridized carbons (Fsp3) is 0.200. The van der Waals surface area contributed by atoms with E-state index in [4.69, 9.17) is 0 Å². The van der Waals surface area contributed by atoms with Crippen molar-refractivity contribution in [3.8, 4) is 0 Å². The summed E-state index contributed by atoms with van der Waals surface area (Å²) in [4.78, 5) is 17.8. The number of nitrogens with zero attached hydrogens (tertiary/aromatic N) is 1. The molecule has 1 aromatic heterocycles. The smallest absolute Gasteiger partial charge is 0.267 e. The normalized spacial score (nSPS) is 10.6. The number of benzene rings is 2. The average molecular weight is 351 g/mol. The van der Waals surface area contributed by atoms with Gasteiger partial charge in [0.2, 0.25) is 0 Å². The highest BCUT2D eigenvalue weighted by atomic mass is 32.1. The van der Waals surface area contributed by atoms with E-state index in [1.54, 1.807) is 0 Å². The monoisotopic (exact) mass is 351 g/mol. The molecule has 2 N–H and O–H groups in total. The van der Waals surface area contributed by atoms with Crippen LogP contribution >= 0.6 is 11.3 Å². The minimum atomic E-state index is -0.124. The Morgan fingerprint density at radius 3 is 2.56 bits per heavy atom. The molecule has 0 saturated carbocycles. The van der Waals surface area contributed by atoms with Crippen LogP contribution in [0.5, 0.6) is 0 Å². The Hall–Kier alpha value is -2.66. The summed E-state index contributed by atoms with van der Waals surface area (Å²) in [6.07, 6.45) is 0. The molecule has 0 aliphatic rings. The van der Waals surface area contributed by atoms with Gasteiger partial charge in [0, 0.05) is 11.4 Å². The molecule has 0 atom stereocenters. The molecule has 1 amide bonds. The molecule has 0 saturated heterocycles. The number of nitrogens with one attached hydrogen (secondary N) is 2. The number of thiazole rings is 1. The van der Waals surface area contributed by atoms with Crippen molar-refractivity contribution in [3.63, 3.8) is 0 Å². The van der Waals surface area contributed by atoms with Crippen LogP contribution in [0, 0.1) is 27.7 Å². The van der Waals surface area contributed by atoms with Gasteiger partial charge in [0.1, 0.15) is 4.88 Å². The standard InChI is InChI=1S/C20H21N3OS/c1-12-7-5-9-16(11-12)22-20-21-15(4)18(25-20)19(24)23-17-10-6-8-13(2)14(17)3/h5-11H,1-4H3,(H,21,22)(H,23,24). The van der Waals surface area contributed by atoms with Gasteiger partial charge in [0.25, 0.3) is 5.91 Å². The highest BCUT2D eigenvalue weighted by Crippen LogP contribution is 2.27. The van der Waals surface area contributed by atoms with Crippen LogP contribution in [-0.4, -0.2) is 10.9 Å². The van der Waals surface area contributed by atoms with Crippen molar-refractivity contribution in [2.24, 2.45) is 0 Å². The van der Waals surface area contributed by atoms with E-state index >= 15 is 0 Å². The maximum absolute atomic E-state index is 12.6. The number of carbonyl (C=O) groups excluding carboxylic acids is 1. The van der Waals surface area contributed by atoms with Crippen LogP contribution in [0.25, 0.3) is 0 Å². The zero-order valence-electron chi connectivity index (χ0n) is 14.8. The minimum Gasteiger partial charge on any atom is -0.332 e. The molecule has 0 bridgehead atoms. The molecule has 4 nitrogen and oxygen atoms in total. The lowest BCUT2D eigenvalue weighted by Gasteiger charge is -2.09. The first kappa shape index (κ1) is 17.2. The van der Waals surface area contributed by atoms with Gasteiger partial charge in [-0.1, -0.05) is 35.6 Å². The molecule has 0 fully saturated rings. The van der Waals surface area contributed by atoms with Crippen molar-refractivity contribution < 1.29 is 4.79 Å². The Kier molecular flexibility index (Phi) is 4.86. The Labute approximate surface area is 151 Å². The molecule has 25 heavy (non-hydrogen) atoms. The summed E-state index contributed by atoms with van der Waals surface area (Å²) in [5.41, 5.74) is 5.94. The summed E-state index contributed by atoms with van der Waals surface area (Å²) in [5.74, 6) is -0.124. The van der Waals surface area contributed by atoms with E-state index in [9.17, 15) is 4.79 Å². The number of hydrogen-bond donors (Lipinski definition) is 2. The summed E-state index contributed by atoms with van der Waals surface area (Å²) in [5, 5.41) is 6.99. The van der Waals surface area contributed by atoms with Crippen LogP contribution in [0.3, 0.4) is 0 Å². The SMILES string of the molecule is Cc1cccc(Nc2nc(C)c(C(=O)Nc3cccc(C)c3C)s2)c1. The quantitative estimate of drug-likeness (QED) is 0.664. The first-order valence-electron chi connectivity index (χ1n) is 8.12. The van der Waals surface area contributed by atoms with E-state index in [-0.39, 0.29) is 5.91 Å². The molecule has 0 spiro atoms. The third-order valence-electron chi connectivity index (χ3n) is 4.12. The lowest BCUT2D eigenvalue weighted by Crippen LogP contribution is -2.12. The van der Waals surface area contributed by atoms with E-state index in [1.165, 1.54) is 16.9 Å². The fourth-order valence-electron chi connectivity index (χ4n) is 2.57. The van der Waals surface area contributed by atoms with Crippen molar-refractivity contribution in [1.82, 2.24) is 4.98 Å². The van der Waals surface area contributed by atoms with Crippen molar-refractivity contribution >= 4 is 33.8 Å². The highest BCUT2D eigenvalue weighted by Gasteiger charge is 2.16. The van der Waals surface area contributed by atoms with Crippen molar-refractivity contribution in [2.75, 3.05) is 10.6 Å². The Balaban J connectivity index is 1.80. The van der Waals surface area contributed by atoms with Gasteiger partial charge >= 0.3 is 0 Å². The van der Waals surface area contributed by atoms with E-state index in [1.807, 2.05) is 70.2 Å². The summed E-state index contributed by atoms with van der Waals surface area (Å²) in [6.45, 7) is 7.94. The van der Waals surface area contributed by atoms with Crippen LogP contribution in [0.1, 0.15) is 32.1 Å². The Morgan fingerprint density at radius 2 is 1.80 bits per heavy atom. The van der Waals surface area contributed by atoms with Gasteiger partial charge in [-0.3, -0.25) is 4.79 Å². The number of anilines is 3. The zero-order chi connectivity index (χ0) is 18.0. The second-order valence-electron chi connectivity index (χ2n) is 6.13. The first-order chi connectivity index (χ1) is 11.9. The molecule has 0 aliphatic carbocycles. The molecule has 5 heteroatoms. The predicted molar refractivity (Wildman–Crippen MR) is 105 cm³/mol. The molecule has 1 heterocycles. The van der Waals surface area contributed by atoms with E-state index in [0.29, 0.717) is 10.0 Å². The Bertz CT molecular complexity index is 930. The van der Waals surface area contributed by atoms with Crippen molar-refractivity contribution in [1.29, 1.82) is 0 Å². The van der Waals surface area contributed by atoms with Gasteiger partial charge < -0.3 is 10.6 Å². The summed E-state index contributed by atoms with van der Waals surface area (Å²) >= 11 is 1.36. The number of aryl methyl sites for hydroxylation is 3. The molecule has 128 valence electrons. The molecule has 0 aliphatic heterocycles. The number of carbonyl (C=O) groups is 1. The number of aromatic nitrogens is 1. The van der Waals surface area contributed by atoms with E-state index < -0.39 is 0 Å². The van der Waals surface area contributed by atoms with Gasteiger partial charge in [-0.2, -0.15) is 0 Å². The van der Waals surface area contributed by atoms with Crippen LogP contribution in [-0.2, 0) is 0 Å². The molecule has 3 rings (SSSR count). The number of hydrogen-bond acceptors (Lipinski definition) is 4. The third kappa shape index (κ3) is 3.88. The zero-order valence-corrected chi connectivity index (χ0v) is 15.6. The lowest BCUT2D eigenvalue weighted by atomic mass is 10.1. The first-order valence-corrected chi connectivity index (χ1v) is 8.94. The fourth-order valence-corrected chi connectivity index (χ4v) is 3.45. The molecule has 2 aromatic carbocycles. The summed E-state index contributed by atoms with van der Waals surface area (Å²) in [7, 11) is 0. The molecular weight excluding hydrogens is 330 g/mol. The van der Waals surface area contributed by atoms with Gasteiger partial charge in [-0.15, -0.1) is 0 Å². The van der Waals surface area contributed by atoms with Gasteiger partial charge in [0.05, 0.1) is 5.69 Å². The second-order valence-corrected chi connectivity index (χ2v) is 7.13. The predicted octanol–water partition coefficient (Wildman–Crippen LogP) is 5.37. The number of rotatable bonds is 4. The minimum absolute atomic E-state index is 0.124. The lowest BCUT2D eigenvalue weighted by molar-refractivity contribution is 0.102. The van der Waals surface area contributed by atoms with Crippen molar-refractivity contribution in [3.05, 3.63) is 69.7 Å². The van der Waals surface area contributed by atoms with Crippen molar-refractivity contribution in [2.45, 2.75) is 27.7 Å².